The molecule has 0 aromatic heterocycles. The number of unbranched alkanes of at least 4 members (excludes halogenated alkanes) is 1. The number of hydrogen-bond acceptors (Lipinski definition) is 2. The molecule has 0 heterocycles. The Morgan fingerprint density at radius 3 is 2.25 bits per heavy atom. The third-order valence-corrected chi connectivity index (χ3v) is 2.59. The van der Waals surface area contributed by atoms with Crippen molar-refractivity contribution < 1.29 is 9.90 Å². The van der Waals surface area contributed by atoms with E-state index < -0.39 is 5.60 Å². The molecule has 88 valence electrons. The fraction of sp³-hybridized carbons (Fsp3) is 0.500. The number of Topliss-reactive ketones (excluding diaryl/α,β-unsaturated/α-hetero) is 1. The Morgan fingerprint density at radius 1 is 1.25 bits per heavy atom. The Hall–Kier alpha value is -1.15. The Labute approximate surface area is 97.3 Å². The van der Waals surface area contributed by atoms with Gasteiger partial charge in [0.2, 0.25) is 0 Å². The number of ketones is 1. The summed E-state index contributed by atoms with van der Waals surface area (Å²) in [7, 11) is 0. The summed E-state index contributed by atoms with van der Waals surface area (Å²) in [5.41, 5.74) is 0.534. The lowest BCUT2D eigenvalue weighted by Gasteiger charge is -2.15. The summed E-state index contributed by atoms with van der Waals surface area (Å²) in [6, 6.07) is 7.53. The number of benzene rings is 1. The molecule has 0 amide bonds. The molecule has 1 N–H and O–H groups in total. The second-order valence-corrected chi connectivity index (χ2v) is 4.69. The Bertz CT molecular complexity index is 344. The second kappa shape index (κ2) is 5.26. The largest absolute Gasteiger partial charge is 0.382 e. The third-order valence-electron chi connectivity index (χ3n) is 2.59. The molecule has 0 atom stereocenters. The van der Waals surface area contributed by atoms with E-state index >= 15 is 0 Å². The van der Waals surface area contributed by atoms with Gasteiger partial charge in [0.05, 0.1) is 0 Å². The molecule has 0 aliphatic rings. The molecular formula is C14H20O2. The van der Waals surface area contributed by atoms with Crippen molar-refractivity contribution in [1.29, 1.82) is 0 Å². The molecule has 1 aromatic rings. The van der Waals surface area contributed by atoms with Gasteiger partial charge in [-0.25, -0.2) is 0 Å². The number of carbonyl (C=O) groups is 1. The fourth-order valence-electron chi connectivity index (χ4n) is 1.56. The van der Waals surface area contributed by atoms with Crippen LogP contribution in [0, 0.1) is 0 Å². The van der Waals surface area contributed by atoms with Gasteiger partial charge >= 0.3 is 0 Å². The van der Waals surface area contributed by atoms with E-state index in [1.807, 2.05) is 12.1 Å². The van der Waals surface area contributed by atoms with Gasteiger partial charge in [-0.15, -0.1) is 0 Å². The third kappa shape index (κ3) is 3.46. The Kier molecular flexibility index (Phi) is 4.25. The van der Waals surface area contributed by atoms with Crippen molar-refractivity contribution in [3.8, 4) is 0 Å². The molecule has 0 spiro atoms. The zero-order valence-electron chi connectivity index (χ0n) is 10.3. The number of aliphatic hydroxyl groups is 1. The van der Waals surface area contributed by atoms with Crippen LogP contribution < -0.4 is 0 Å². The Morgan fingerprint density at radius 2 is 1.81 bits per heavy atom. The van der Waals surface area contributed by atoms with Gasteiger partial charge in [-0.05, 0) is 32.3 Å². The Balaban J connectivity index is 2.75. The molecule has 0 radical (unpaired) electrons. The predicted octanol–water partition coefficient (Wildman–Crippen LogP) is 2.98. The number of rotatable bonds is 5. The van der Waals surface area contributed by atoms with Gasteiger partial charge < -0.3 is 5.11 Å². The quantitative estimate of drug-likeness (QED) is 0.774. The summed E-state index contributed by atoms with van der Waals surface area (Å²) in [6.45, 7) is 5.19. The average molecular weight is 220 g/mol. The van der Waals surface area contributed by atoms with Gasteiger partial charge in [0.15, 0.2) is 5.78 Å². The van der Waals surface area contributed by atoms with E-state index in [0.717, 1.165) is 6.42 Å². The van der Waals surface area contributed by atoms with E-state index in [0.29, 0.717) is 5.56 Å². The minimum Gasteiger partial charge on any atom is -0.382 e. The van der Waals surface area contributed by atoms with Crippen LogP contribution in [0.3, 0.4) is 0 Å². The van der Waals surface area contributed by atoms with Crippen LogP contribution in [0.2, 0.25) is 0 Å². The summed E-state index contributed by atoms with van der Waals surface area (Å²) in [5, 5.41) is 9.60. The maximum absolute atomic E-state index is 11.7. The number of aryl methyl sites for hydroxylation is 1. The van der Waals surface area contributed by atoms with Crippen LogP contribution in [-0.4, -0.2) is 16.5 Å². The molecule has 0 bridgehead atoms. The molecule has 0 saturated heterocycles. The van der Waals surface area contributed by atoms with E-state index in [1.54, 1.807) is 12.1 Å². The zero-order chi connectivity index (χ0) is 12.2. The minimum absolute atomic E-state index is 0.227. The summed E-state index contributed by atoms with van der Waals surface area (Å²) in [4.78, 5) is 11.7. The molecular weight excluding hydrogens is 200 g/mol. The molecule has 16 heavy (non-hydrogen) atoms. The first-order valence-corrected chi connectivity index (χ1v) is 5.81. The van der Waals surface area contributed by atoms with Crippen LogP contribution in [0.5, 0.6) is 0 Å². The summed E-state index contributed by atoms with van der Waals surface area (Å²) in [6.07, 6.45) is 3.39. The van der Waals surface area contributed by atoms with E-state index in [4.69, 9.17) is 0 Å². The molecule has 2 nitrogen and oxygen atoms in total. The molecule has 0 aliphatic heterocycles. The van der Waals surface area contributed by atoms with Crippen LogP contribution in [0.1, 0.15) is 49.5 Å². The number of hydrogen-bond donors (Lipinski definition) is 1. The normalized spacial score (nSPS) is 11.5. The monoisotopic (exact) mass is 220 g/mol. The maximum Gasteiger partial charge on any atom is 0.193 e. The van der Waals surface area contributed by atoms with Gasteiger partial charge in [-0.1, -0.05) is 37.6 Å². The van der Waals surface area contributed by atoms with Crippen molar-refractivity contribution in [2.24, 2.45) is 0 Å². The van der Waals surface area contributed by atoms with E-state index in [-0.39, 0.29) is 5.78 Å². The molecule has 0 aliphatic carbocycles. The van der Waals surface area contributed by atoms with Gasteiger partial charge in [0, 0.05) is 5.56 Å². The average Bonchev–Trinajstić information content (AvgIpc) is 2.25. The highest BCUT2D eigenvalue weighted by atomic mass is 16.3. The van der Waals surface area contributed by atoms with Gasteiger partial charge in [-0.3, -0.25) is 4.79 Å². The smallest absolute Gasteiger partial charge is 0.193 e. The van der Waals surface area contributed by atoms with E-state index in [2.05, 4.69) is 6.92 Å². The second-order valence-electron chi connectivity index (χ2n) is 4.69. The van der Waals surface area contributed by atoms with E-state index in [1.165, 1.54) is 32.3 Å². The standard InChI is InChI=1S/C14H20O2/c1-4-5-6-11-7-9-12(10-8-11)13(15)14(2,3)16/h7-10,16H,4-6H2,1-3H3. The molecule has 1 rings (SSSR count). The topological polar surface area (TPSA) is 37.3 Å². The molecule has 2 heteroatoms. The lowest BCUT2D eigenvalue weighted by atomic mass is 9.95. The van der Waals surface area contributed by atoms with Gasteiger partial charge in [0.1, 0.15) is 5.60 Å². The first kappa shape index (κ1) is 12.9. The van der Waals surface area contributed by atoms with Crippen LogP contribution in [0.25, 0.3) is 0 Å². The van der Waals surface area contributed by atoms with Gasteiger partial charge in [0.25, 0.3) is 0 Å². The first-order chi connectivity index (χ1) is 7.45. The van der Waals surface area contributed by atoms with Crippen molar-refractivity contribution >= 4 is 5.78 Å². The van der Waals surface area contributed by atoms with Crippen molar-refractivity contribution in [3.63, 3.8) is 0 Å². The minimum atomic E-state index is -1.29. The highest BCUT2D eigenvalue weighted by Crippen LogP contribution is 2.14. The van der Waals surface area contributed by atoms with Crippen LogP contribution in [0.4, 0.5) is 0 Å². The highest BCUT2D eigenvalue weighted by Gasteiger charge is 2.24. The van der Waals surface area contributed by atoms with Gasteiger partial charge in [-0.2, -0.15) is 0 Å². The SMILES string of the molecule is CCCCc1ccc(C(=O)C(C)(C)O)cc1. The van der Waals surface area contributed by atoms with Crippen molar-refractivity contribution in [2.45, 2.75) is 45.6 Å². The lowest BCUT2D eigenvalue weighted by molar-refractivity contribution is 0.0488. The summed E-state index contributed by atoms with van der Waals surface area (Å²) in [5.74, 6) is -0.227. The fourth-order valence-corrected chi connectivity index (χ4v) is 1.56. The van der Waals surface area contributed by atoms with E-state index in [9.17, 15) is 9.90 Å². The molecule has 0 unspecified atom stereocenters. The number of carbonyl (C=O) groups excluding carboxylic acids is 1. The van der Waals surface area contributed by atoms with Crippen molar-refractivity contribution in [2.75, 3.05) is 0 Å². The molecule has 0 saturated carbocycles. The highest BCUT2D eigenvalue weighted by molar-refractivity contribution is 6.01. The molecule has 0 fully saturated rings. The summed E-state index contributed by atoms with van der Waals surface area (Å²) < 4.78 is 0. The lowest BCUT2D eigenvalue weighted by Crippen LogP contribution is -2.31. The van der Waals surface area contributed by atoms with Crippen LogP contribution >= 0.6 is 0 Å². The first-order valence-electron chi connectivity index (χ1n) is 5.81. The summed E-state index contributed by atoms with van der Waals surface area (Å²) >= 11 is 0. The zero-order valence-corrected chi connectivity index (χ0v) is 10.3. The van der Waals surface area contributed by atoms with Crippen molar-refractivity contribution in [3.05, 3.63) is 35.4 Å². The van der Waals surface area contributed by atoms with Crippen LogP contribution in [-0.2, 0) is 6.42 Å². The maximum atomic E-state index is 11.7. The van der Waals surface area contributed by atoms with Crippen molar-refractivity contribution in [1.82, 2.24) is 0 Å². The predicted molar refractivity (Wildman–Crippen MR) is 65.7 cm³/mol. The molecule has 1 aromatic carbocycles. The van der Waals surface area contributed by atoms with Crippen LogP contribution in [0.15, 0.2) is 24.3 Å².